The van der Waals surface area contributed by atoms with Crippen molar-refractivity contribution in [3.63, 3.8) is 0 Å². The molecule has 1 aromatic carbocycles. The highest BCUT2D eigenvalue weighted by Crippen LogP contribution is 2.29. The van der Waals surface area contributed by atoms with Gasteiger partial charge in [-0.05, 0) is 37.8 Å². The van der Waals surface area contributed by atoms with Crippen LogP contribution in [0.4, 0.5) is 0 Å². The summed E-state index contributed by atoms with van der Waals surface area (Å²) in [4.78, 5) is 0. The molecule has 0 heterocycles. The van der Waals surface area contributed by atoms with E-state index >= 15 is 0 Å². The van der Waals surface area contributed by atoms with Gasteiger partial charge < -0.3 is 4.74 Å². The molecule has 1 heteroatoms. The van der Waals surface area contributed by atoms with Gasteiger partial charge in [-0.3, -0.25) is 0 Å². The zero-order valence-electron chi connectivity index (χ0n) is 9.78. The van der Waals surface area contributed by atoms with E-state index in [-0.39, 0.29) is 6.10 Å². The van der Waals surface area contributed by atoms with Gasteiger partial charge in [0.05, 0.1) is 6.10 Å². The summed E-state index contributed by atoms with van der Waals surface area (Å²) in [7, 11) is 0. The third kappa shape index (κ3) is 4.08. The molecule has 0 bridgehead atoms. The molecule has 0 saturated heterocycles. The first-order valence-electron chi connectivity index (χ1n) is 6.00. The van der Waals surface area contributed by atoms with E-state index in [0.717, 1.165) is 24.5 Å². The van der Waals surface area contributed by atoms with E-state index in [2.05, 4.69) is 18.8 Å². The van der Waals surface area contributed by atoms with E-state index in [1.54, 1.807) is 0 Å². The monoisotopic (exact) mass is 214 g/mol. The van der Waals surface area contributed by atoms with Gasteiger partial charge in [-0.15, -0.1) is 0 Å². The van der Waals surface area contributed by atoms with Crippen LogP contribution in [0.15, 0.2) is 30.3 Å². The lowest BCUT2D eigenvalue weighted by atomic mass is 10.2. The van der Waals surface area contributed by atoms with Crippen molar-refractivity contribution >= 4 is 0 Å². The van der Waals surface area contributed by atoms with Crippen molar-refractivity contribution in [1.82, 2.24) is 0 Å². The maximum absolute atomic E-state index is 5.70. The fourth-order valence-corrected chi connectivity index (χ4v) is 1.46. The zero-order valence-corrected chi connectivity index (χ0v) is 9.78. The molecule has 1 atom stereocenters. The molecule has 0 aliphatic heterocycles. The largest absolute Gasteiger partial charge is 0.377 e. The van der Waals surface area contributed by atoms with Crippen LogP contribution in [0, 0.1) is 17.8 Å². The molecule has 1 aromatic rings. The fourth-order valence-electron chi connectivity index (χ4n) is 1.46. The highest BCUT2D eigenvalue weighted by atomic mass is 16.5. The minimum absolute atomic E-state index is 0.261. The third-order valence-corrected chi connectivity index (χ3v) is 2.71. The Hall–Kier alpha value is -1.26. The molecule has 1 aliphatic carbocycles. The molecule has 1 fully saturated rings. The predicted molar refractivity (Wildman–Crippen MR) is 66.1 cm³/mol. The molecule has 16 heavy (non-hydrogen) atoms. The minimum atomic E-state index is 0.261. The summed E-state index contributed by atoms with van der Waals surface area (Å²) in [5, 5.41) is 0. The summed E-state index contributed by atoms with van der Waals surface area (Å²) < 4.78 is 5.70. The van der Waals surface area contributed by atoms with E-state index in [4.69, 9.17) is 4.74 Å². The van der Waals surface area contributed by atoms with Crippen LogP contribution in [0.5, 0.6) is 0 Å². The van der Waals surface area contributed by atoms with E-state index in [1.807, 2.05) is 30.3 Å². The topological polar surface area (TPSA) is 9.23 Å². The average Bonchev–Trinajstić information content (AvgIpc) is 3.12. The summed E-state index contributed by atoms with van der Waals surface area (Å²) in [6.07, 6.45) is 3.78. The van der Waals surface area contributed by atoms with Crippen molar-refractivity contribution in [2.24, 2.45) is 5.92 Å². The van der Waals surface area contributed by atoms with E-state index in [1.165, 1.54) is 12.8 Å². The van der Waals surface area contributed by atoms with Gasteiger partial charge in [0.2, 0.25) is 0 Å². The van der Waals surface area contributed by atoms with Gasteiger partial charge in [0.25, 0.3) is 0 Å². The fraction of sp³-hybridized carbons (Fsp3) is 0.467. The molecule has 1 unspecified atom stereocenters. The normalized spacial score (nSPS) is 16.3. The second-order valence-corrected chi connectivity index (χ2v) is 4.46. The van der Waals surface area contributed by atoms with Crippen LogP contribution in [0.1, 0.15) is 31.7 Å². The van der Waals surface area contributed by atoms with E-state index < -0.39 is 0 Å². The Bertz CT molecular complexity index is 367. The standard InChI is InChI=1S/C15H18O/c1-13(16-12-15-10-11-15)6-5-9-14-7-3-2-4-8-14/h2-4,7-8,13,15H,6,10-12H2,1H3. The van der Waals surface area contributed by atoms with Gasteiger partial charge >= 0.3 is 0 Å². The molecule has 1 aliphatic rings. The maximum atomic E-state index is 5.70. The van der Waals surface area contributed by atoms with Gasteiger partial charge in [-0.2, -0.15) is 0 Å². The molecule has 0 aromatic heterocycles. The zero-order chi connectivity index (χ0) is 11.2. The minimum Gasteiger partial charge on any atom is -0.377 e. The Kier molecular flexibility index (Phi) is 4.02. The van der Waals surface area contributed by atoms with Crippen LogP contribution < -0.4 is 0 Å². The van der Waals surface area contributed by atoms with Gasteiger partial charge in [-0.1, -0.05) is 30.0 Å². The van der Waals surface area contributed by atoms with Crippen LogP contribution in [0.2, 0.25) is 0 Å². The second kappa shape index (κ2) is 5.72. The molecule has 0 radical (unpaired) electrons. The second-order valence-electron chi connectivity index (χ2n) is 4.46. The SMILES string of the molecule is CC(CC#Cc1ccccc1)OCC1CC1. The number of rotatable bonds is 4. The number of hydrogen-bond acceptors (Lipinski definition) is 1. The molecule has 84 valence electrons. The number of benzene rings is 1. The predicted octanol–water partition coefficient (Wildman–Crippen LogP) is 3.24. The first-order chi connectivity index (χ1) is 7.84. The number of hydrogen-bond donors (Lipinski definition) is 0. The molecule has 0 amide bonds. The van der Waals surface area contributed by atoms with Crippen LogP contribution in [-0.4, -0.2) is 12.7 Å². The highest BCUT2D eigenvalue weighted by molar-refractivity contribution is 5.33. The lowest BCUT2D eigenvalue weighted by Crippen LogP contribution is -2.09. The van der Waals surface area contributed by atoms with Crippen molar-refractivity contribution in [1.29, 1.82) is 0 Å². The Morgan fingerprint density at radius 3 is 2.75 bits per heavy atom. The maximum Gasteiger partial charge on any atom is 0.0656 e. The molecule has 0 N–H and O–H groups in total. The van der Waals surface area contributed by atoms with Crippen LogP contribution in [0.25, 0.3) is 0 Å². The summed E-state index contributed by atoms with van der Waals surface area (Å²) >= 11 is 0. The first-order valence-corrected chi connectivity index (χ1v) is 6.00. The Morgan fingerprint density at radius 2 is 2.06 bits per heavy atom. The van der Waals surface area contributed by atoms with Gasteiger partial charge in [-0.25, -0.2) is 0 Å². The summed E-state index contributed by atoms with van der Waals surface area (Å²) in [5.74, 6) is 7.16. The van der Waals surface area contributed by atoms with Crippen LogP contribution in [-0.2, 0) is 4.74 Å². The van der Waals surface area contributed by atoms with E-state index in [9.17, 15) is 0 Å². The molecule has 0 spiro atoms. The van der Waals surface area contributed by atoms with Gasteiger partial charge in [0.15, 0.2) is 0 Å². The highest BCUT2D eigenvalue weighted by Gasteiger charge is 2.21. The lowest BCUT2D eigenvalue weighted by Gasteiger charge is -2.08. The van der Waals surface area contributed by atoms with Crippen molar-refractivity contribution in [3.8, 4) is 11.8 Å². The van der Waals surface area contributed by atoms with Gasteiger partial charge in [0.1, 0.15) is 0 Å². The van der Waals surface area contributed by atoms with Crippen molar-refractivity contribution in [2.75, 3.05) is 6.61 Å². The molecule has 1 saturated carbocycles. The average molecular weight is 214 g/mol. The Balaban J connectivity index is 1.71. The van der Waals surface area contributed by atoms with Crippen molar-refractivity contribution in [3.05, 3.63) is 35.9 Å². The van der Waals surface area contributed by atoms with Crippen LogP contribution >= 0.6 is 0 Å². The molecule has 2 rings (SSSR count). The van der Waals surface area contributed by atoms with Gasteiger partial charge in [0, 0.05) is 18.6 Å². The Morgan fingerprint density at radius 1 is 1.31 bits per heavy atom. The van der Waals surface area contributed by atoms with E-state index in [0.29, 0.717) is 0 Å². The summed E-state index contributed by atoms with van der Waals surface area (Å²) in [6.45, 7) is 3.02. The smallest absolute Gasteiger partial charge is 0.0656 e. The lowest BCUT2D eigenvalue weighted by molar-refractivity contribution is 0.0618. The Labute approximate surface area is 97.8 Å². The molecule has 1 nitrogen and oxygen atoms in total. The van der Waals surface area contributed by atoms with Crippen molar-refractivity contribution < 1.29 is 4.74 Å². The summed E-state index contributed by atoms with van der Waals surface area (Å²) in [5.41, 5.74) is 1.08. The number of ether oxygens (including phenoxy) is 1. The van der Waals surface area contributed by atoms with Crippen LogP contribution in [0.3, 0.4) is 0 Å². The third-order valence-electron chi connectivity index (χ3n) is 2.71. The molecular formula is C15H18O. The quantitative estimate of drug-likeness (QED) is 0.699. The molecular weight excluding hydrogens is 196 g/mol. The first kappa shape index (κ1) is 11.2. The summed E-state index contributed by atoms with van der Waals surface area (Å²) in [6, 6.07) is 10.1. The van der Waals surface area contributed by atoms with Crippen molar-refractivity contribution in [2.45, 2.75) is 32.3 Å².